The molecule has 96 valence electrons. The molecule has 3 saturated carbocycles. The van der Waals surface area contributed by atoms with Crippen LogP contribution in [0.25, 0.3) is 0 Å². The van der Waals surface area contributed by atoms with Gasteiger partial charge in [-0.05, 0) is 55.7 Å². The predicted octanol–water partition coefficient (Wildman–Crippen LogP) is 3.37. The minimum atomic E-state index is 0.0661. The molecule has 1 heterocycles. The van der Waals surface area contributed by atoms with E-state index < -0.39 is 0 Å². The summed E-state index contributed by atoms with van der Waals surface area (Å²) in [4.78, 5) is 0. The van der Waals surface area contributed by atoms with E-state index in [1.165, 1.54) is 12.8 Å². The van der Waals surface area contributed by atoms with E-state index in [9.17, 15) is 0 Å². The van der Waals surface area contributed by atoms with Crippen molar-refractivity contribution in [2.24, 2.45) is 23.2 Å². The minimum Gasteiger partial charge on any atom is -0.406 e. The Balaban J connectivity index is 1.71. The van der Waals surface area contributed by atoms with Gasteiger partial charge in [0.2, 0.25) is 0 Å². The first kappa shape index (κ1) is 12.0. The van der Waals surface area contributed by atoms with Gasteiger partial charge in [0.05, 0.1) is 12.2 Å². The summed E-state index contributed by atoms with van der Waals surface area (Å²) < 4.78 is 12.0. The zero-order valence-corrected chi connectivity index (χ0v) is 11.8. The van der Waals surface area contributed by atoms with Gasteiger partial charge in [-0.15, -0.1) is 0 Å². The minimum absolute atomic E-state index is 0.0661. The molecular weight excluding hydrogens is 211 g/mol. The van der Waals surface area contributed by atoms with Gasteiger partial charge in [0.25, 0.3) is 0 Å². The van der Waals surface area contributed by atoms with Crippen molar-refractivity contribution in [2.75, 3.05) is 0 Å². The summed E-state index contributed by atoms with van der Waals surface area (Å²) in [7, 11) is 0.0661. The van der Waals surface area contributed by atoms with Crippen LogP contribution in [0.5, 0.6) is 0 Å². The normalized spacial score (nSPS) is 52.4. The fourth-order valence-electron chi connectivity index (χ4n) is 4.43. The van der Waals surface area contributed by atoms with Crippen molar-refractivity contribution >= 4 is 7.12 Å². The van der Waals surface area contributed by atoms with E-state index in [-0.39, 0.29) is 19.3 Å². The van der Waals surface area contributed by atoms with Crippen LogP contribution in [0.1, 0.15) is 47.5 Å². The average molecular weight is 236 g/mol. The SMILES string of the molecule is CC1OB([C@@H]2C[C@@H]3C[C@H]([C@H]2C)C3(C)C)OC1C. The highest BCUT2D eigenvalue weighted by atomic mass is 16.7. The monoisotopic (exact) mass is 236 g/mol. The van der Waals surface area contributed by atoms with Crippen LogP contribution in [0.3, 0.4) is 0 Å². The predicted molar refractivity (Wildman–Crippen MR) is 69.8 cm³/mol. The number of hydrogen-bond acceptors (Lipinski definition) is 2. The zero-order valence-electron chi connectivity index (χ0n) is 11.8. The summed E-state index contributed by atoms with van der Waals surface area (Å²) in [5.74, 6) is 3.15. The van der Waals surface area contributed by atoms with Gasteiger partial charge in [0, 0.05) is 0 Å². The smallest absolute Gasteiger partial charge is 0.406 e. The van der Waals surface area contributed by atoms with Crippen molar-refractivity contribution < 1.29 is 9.31 Å². The van der Waals surface area contributed by atoms with Gasteiger partial charge in [-0.3, -0.25) is 0 Å². The third-order valence-electron chi connectivity index (χ3n) is 6.12. The van der Waals surface area contributed by atoms with Crippen molar-refractivity contribution in [3.63, 3.8) is 0 Å². The molecule has 0 amide bonds. The Morgan fingerprint density at radius 2 is 1.59 bits per heavy atom. The van der Waals surface area contributed by atoms with Gasteiger partial charge in [-0.1, -0.05) is 20.8 Å². The fourth-order valence-corrected chi connectivity index (χ4v) is 4.43. The van der Waals surface area contributed by atoms with Crippen LogP contribution >= 0.6 is 0 Å². The van der Waals surface area contributed by atoms with Crippen LogP contribution in [-0.4, -0.2) is 19.3 Å². The maximum atomic E-state index is 6.00. The average Bonchev–Trinajstić information content (AvgIpc) is 2.58. The Labute approximate surface area is 106 Å². The Morgan fingerprint density at radius 1 is 1.00 bits per heavy atom. The lowest BCUT2D eigenvalue weighted by Gasteiger charge is -2.62. The van der Waals surface area contributed by atoms with Crippen molar-refractivity contribution in [3.05, 3.63) is 0 Å². The Hall–Kier alpha value is -0.0151. The third kappa shape index (κ3) is 1.62. The van der Waals surface area contributed by atoms with E-state index in [1.54, 1.807) is 0 Å². The molecule has 1 aliphatic heterocycles. The second-order valence-electron chi connectivity index (χ2n) is 7.17. The summed E-state index contributed by atoms with van der Waals surface area (Å²) in [6.45, 7) is 11.6. The van der Waals surface area contributed by atoms with Gasteiger partial charge < -0.3 is 9.31 Å². The third-order valence-corrected chi connectivity index (χ3v) is 6.12. The Morgan fingerprint density at radius 3 is 2.06 bits per heavy atom. The maximum Gasteiger partial charge on any atom is 0.461 e. The van der Waals surface area contributed by atoms with E-state index >= 15 is 0 Å². The van der Waals surface area contributed by atoms with Crippen LogP contribution < -0.4 is 0 Å². The van der Waals surface area contributed by atoms with E-state index in [4.69, 9.17) is 9.31 Å². The molecule has 0 N–H and O–H groups in total. The van der Waals surface area contributed by atoms with E-state index in [0.29, 0.717) is 11.2 Å². The van der Waals surface area contributed by atoms with E-state index in [1.807, 2.05) is 0 Å². The molecule has 0 aromatic heterocycles. The van der Waals surface area contributed by atoms with E-state index in [2.05, 4.69) is 34.6 Å². The van der Waals surface area contributed by atoms with Gasteiger partial charge in [0.15, 0.2) is 0 Å². The second kappa shape index (κ2) is 3.74. The fraction of sp³-hybridized carbons (Fsp3) is 1.00. The molecule has 17 heavy (non-hydrogen) atoms. The highest BCUT2D eigenvalue weighted by Crippen LogP contribution is 2.65. The van der Waals surface area contributed by atoms with Crippen molar-refractivity contribution in [1.29, 1.82) is 0 Å². The summed E-state index contributed by atoms with van der Waals surface area (Å²) in [6, 6.07) is 0. The molecule has 1 saturated heterocycles. The van der Waals surface area contributed by atoms with Crippen molar-refractivity contribution in [2.45, 2.75) is 65.5 Å². The van der Waals surface area contributed by atoms with Gasteiger partial charge >= 0.3 is 7.12 Å². The van der Waals surface area contributed by atoms with Crippen LogP contribution in [0.15, 0.2) is 0 Å². The molecule has 3 heteroatoms. The van der Waals surface area contributed by atoms with Crippen molar-refractivity contribution in [1.82, 2.24) is 0 Å². The maximum absolute atomic E-state index is 6.00. The van der Waals surface area contributed by atoms with Gasteiger partial charge in [-0.25, -0.2) is 0 Å². The quantitative estimate of drug-likeness (QED) is 0.650. The summed E-state index contributed by atoms with van der Waals surface area (Å²) in [5.41, 5.74) is 0.561. The first-order valence-corrected chi connectivity index (χ1v) is 7.22. The molecule has 0 aromatic rings. The molecule has 4 aliphatic rings. The summed E-state index contributed by atoms with van der Waals surface area (Å²) >= 11 is 0. The molecular formula is C14H25BO2. The van der Waals surface area contributed by atoms with Crippen LogP contribution in [0, 0.1) is 23.2 Å². The van der Waals surface area contributed by atoms with Crippen molar-refractivity contribution in [3.8, 4) is 0 Å². The summed E-state index contributed by atoms with van der Waals surface area (Å²) in [5, 5.41) is 0. The molecule has 6 atom stereocenters. The number of rotatable bonds is 1. The van der Waals surface area contributed by atoms with Crippen LogP contribution in [-0.2, 0) is 9.31 Å². The second-order valence-corrected chi connectivity index (χ2v) is 7.17. The van der Waals surface area contributed by atoms with Gasteiger partial charge in [0.1, 0.15) is 0 Å². The molecule has 3 aliphatic carbocycles. The first-order valence-electron chi connectivity index (χ1n) is 7.22. The zero-order chi connectivity index (χ0) is 12.4. The number of fused-ring (bicyclic) bond motifs is 2. The molecule has 2 nitrogen and oxygen atoms in total. The van der Waals surface area contributed by atoms with E-state index in [0.717, 1.165) is 17.8 Å². The van der Waals surface area contributed by atoms with Crippen LogP contribution in [0.4, 0.5) is 0 Å². The molecule has 0 radical (unpaired) electrons. The Bertz CT molecular complexity index is 305. The summed E-state index contributed by atoms with van der Waals surface area (Å²) in [6.07, 6.45) is 3.26. The lowest BCUT2D eigenvalue weighted by molar-refractivity contribution is -0.103. The molecule has 2 unspecified atom stereocenters. The number of hydrogen-bond donors (Lipinski definition) is 0. The molecule has 0 aromatic carbocycles. The van der Waals surface area contributed by atoms with Gasteiger partial charge in [-0.2, -0.15) is 0 Å². The first-order chi connectivity index (χ1) is 7.91. The topological polar surface area (TPSA) is 18.5 Å². The van der Waals surface area contributed by atoms with Crippen LogP contribution in [0.2, 0.25) is 5.82 Å². The lowest BCUT2D eigenvalue weighted by Crippen LogP contribution is -2.56. The molecule has 4 fully saturated rings. The lowest BCUT2D eigenvalue weighted by atomic mass is 9.39. The molecule has 2 bridgehead atoms. The highest BCUT2D eigenvalue weighted by molar-refractivity contribution is 6.47. The largest absolute Gasteiger partial charge is 0.461 e. The molecule has 4 rings (SSSR count). The standard InChI is InChI=1S/C14H25BO2/c1-8-12-6-11(14(12,4)5)7-13(8)15-16-9(2)10(3)17-15/h8-13H,6-7H2,1-5H3/t8-,9?,10?,11+,12-,13-/m1/s1. The molecule has 0 spiro atoms. The Kier molecular flexibility index (Phi) is 2.65. The highest BCUT2D eigenvalue weighted by Gasteiger charge is 2.60.